The number of methoxy groups -OCH3 is 1. The molecule has 0 saturated heterocycles. The fourth-order valence-corrected chi connectivity index (χ4v) is 5.08. The molecule has 1 amide bonds. The Hall–Kier alpha value is -2.61. The molecule has 2 aromatic carbocycles. The summed E-state index contributed by atoms with van der Waals surface area (Å²) in [5.74, 6) is -0.657. The number of ether oxygens (including phenoxy) is 1. The van der Waals surface area contributed by atoms with Crippen LogP contribution in [0.2, 0.25) is 0 Å². The van der Waals surface area contributed by atoms with Crippen LogP contribution < -0.4 is 5.32 Å². The van der Waals surface area contributed by atoms with Crippen molar-refractivity contribution in [1.29, 1.82) is 0 Å². The van der Waals surface area contributed by atoms with Crippen LogP contribution in [0.4, 0.5) is 9.52 Å². The number of nitrogens with one attached hydrogen (secondary N) is 1. The van der Waals surface area contributed by atoms with E-state index in [4.69, 9.17) is 4.74 Å². The SMILES string of the molecule is COCc1c(C(=O)Nc2nc(-c3cc(C)ccc3C)cs2)sc2cccc(F)c12. The van der Waals surface area contributed by atoms with Gasteiger partial charge in [-0.15, -0.1) is 22.7 Å². The van der Waals surface area contributed by atoms with Crippen molar-refractivity contribution in [2.24, 2.45) is 0 Å². The Morgan fingerprint density at radius 3 is 2.86 bits per heavy atom. The van der Waals surface area contributed by atoms with Gasteiger partial charge in [0, 0.05) is 33.7 Å². The second kappa shape index (κ2) is 8.02. The van der Waals surface area contributed by atoms with Gasteiger partial charge in [0.05, 0.1) is 17.2 Å². The van der Waals surface area contributed by atoms with Crippen LogP contribution in [0.5, 0.6) is 0 Å². The highest BCUT2D eigenvalue weighted by Crippen LogP contribution is 2.35. The molecule has 0 fully saturated rings. The normalized spacial score (nSPS) is 11.2. The standard InChI is InChI=1S/C22H19FN2O2S2/c1-12-7-8-13(2)14(9-12)17-11-28-22(24-17)25-21(26)20-15(10-27-3)19-16(23)5-4-6-18(19)29-20/h4-9,11H,10H2,1-3H3,(H,24,25,26). The lowest BCUT2D eigenvalue weighted by Crippen LogP contribution is -2.12. The summed E-state index contributed by atoms with van der Waals surface area (Å²) in [5, 5.41) is 5.74. The van der Waals surface area contributed by atoms with Crippen molar-refractivity contribution in [2.45, 2.75) is 20.5 Å². The summed E-state index contributed by atoms with van der Waals surface area (Å²) in [6.45, 7) is 4.24. The monoisotopic (exact) mass is 426 g/mol. The maximum absolute atomic E-state index is 14.3. The third-order valence-electron chi connectivity index (χ3n) is 4.65. The van der Waals surface area contributed by atoms with Gasteiger partial charge >= 0.3 is 0 Å². The highest BCUT2D eigenvalue weighted by atomic mass is 32.1. The van der Waals surface area contributed by atoms with E-state index >= 15 is 0 Å². The second-order valence-corrected chi connectivity index (χ2v) is 8.68. The van der Waals surface area contributed by atoms with Gasteiger partial charge in [-0.25, -0.2) is 9.37 Å². The lowest BCUT2D eigenvalue weighted by molar-refractivity contribution is 0.102. The Bertz CT molecular complexity index is 1210. The van der Waals surface area contributed by atoms with Gasteiger partial charge in [0.15, 0.2) is 5.13 Å². The first-order chi connectivity index (χ1) is 14.0. The fourth-order valence-electron chi connectivity index (χ4n) is 3.25. The van der Waals surface area contributed by atoms with Gasteiger partial charge in [0.25, 0.3) is 5.91 Å². The number of aryl methyl sites for hydroxylation is 2. The van der Waals surface area contributed by atoms with Crippen LogP contribution >= 0.6 is 22.7 Å². The topological polar surface area (TPSA) is 51.2 Å². The first-order valence-corrected chi connectivity index (χ1v) is 10.7. The Morgan fingerprint density at radius 2 is 2.07 bits per heavy atom. The molecule has 2 aromatic heterocycles. The van der Waals surface area contributed by atoms with Gasteiger partial charge in [-0.05, 0) is 37.6 Å². The summed E-state index contributed by atoms with van der Waals surface area (Å²) in [7, 11) is 1.53. The first-order valence-electron chi connectivity index (χ1n) is 9.01. The van der Waals surface area contributed by atoms with E-state index in [2.05, 4.69) is 28.5 Å². The predicted molar refractivity (Wildman–Crippen MR) is 117 cm³/mol. The highest BCUT2D eigenvalue weighted by molar-refractivity contribution is 7.21. The van der Waals surface area contributed by atoms with Gasteiger partial charge in [-0.2, -0.15) is 0 Å². The summed E-state index contributed by atoms with van der Waals surface area (Å²) in [4.78, 5) is 18.0. The lowest BCUT2D eigenvalue weighted by atomic mass is 10.0. The van der Waals surface area contributed by atoms with Crippen molar-refractivity contribution in [3.8, 4) is 11.3 Å². The third kappa shape index (κ3) is 3.81. The molecule has 0 radical (unpaired) electrons. The van der Waals surface area contributed by atoms with Crippen LogP contribution in [0, 0.1) is 19.7 Å². The predicted octanol–water partition coefficient (Wildman–Crippen LogP) is 6.18. The summed E-state index contributed by atoms with van der Waals surface area (Å²) >= 11 is 2.63. The number of fused-ring (bicyclic) bond motifs is 1. The van der Waals surface area contributed by atoms with E-state index in [0.717, 1.165) is 27.1 Å². The summed E-state index contributed by atoms with van der Waals surface area (Å²) in [6.07, 6.45) is 0. The molecule has 7 heteroatoms. The number of hydrogen-bond acceptors (Lipinski definition) is 5. The minimum atomic E-state index is -0.351. The molecule has 0 bridgehead atoms. The number of nitrogens with zero attached hydrogens (tertiary/aromatic N) is 1. The highest BCUT2D eigenvalue weighted by Gasteiger charge is 2.21. The third-order valence-corrected chi connectivity index (χ3v) is 6.61. The van der Waals surface area contributed by atoms with Crippen molar-refractivity contribution >= 4 is 43.8 Å². The van der Waals surface area contributed by atoms with Crippen molar-refractivity contribution in [3.05, 3.63) is 69.2 Å². The van der Waals surface area contributed by atoms with Gasteiger partial charge in [-0.3, -0.25) is 10.1 Å². The Balaban J connectivity index is 1.65. The zero-order chi connectivity index (χ0) is 20.5. The van der Waals surface area contributed by atoms with E-state index < -0.39 is 0 Å². The summed E-state index contributed by atoms with van der Waals surface area (Å²) in [5.41, 5.74) is 4.72. The molecule has 148 valence electrons. The van der Waals surface area contributed by atoms with E-state index in [1.807, 2.05) is 19.2 Å². The van der Waals surface area contributed by atoms with Crippen molar-refractivity contribution < 1.29 is 13.9 Å². The number of carbonyl (C=O) groups excluding carboxylic acids is 1. The molecule has 1 N–H and O–H groups in total. The van der Waals surface area contributed by atoms with E-state index in [-0.39, 0.29) is 18.3 Å². The van der Waals surface area contributed by atoms with Gasteiger partial charge in [0.1, 0.15) is 5.82 Å². The fraction of sp³-hybridized carbons (Fsp3) is 0.182. The number of carbonyl (C=O) groups is 1. The van der Waals surface area contributed by atoms with Crippen LogP contribution in [-0.4, -0.2) is 18.0 Å². The molecule has 0 saturated carbocycles. The average Bonchev–Trinajstić information content (AvgIpc) is 3.30. The van der Waals surface area contributed by atoms with E-state index in [0.29, 0.717) is 21.0 Å². The zero-order valence-electron chi connectivity index (χ0n) is 16.2. The van der Waals surface area contributed by atoms with Crippen LogP contribution in [0.25, 0.3) is 21.3 Å². The molecule has 2 heterocycles. The Kier molecular flexibility index (Phi) is 5.45. The van der Waals surface area contributed by atoms with E-state index in [1.165, 1.54) is 35.8 Å². The van der Waals surface area contributed by atoms with Crippen LogP contribution in [0.15, 0.2) is 41.8 Å². The molecule has 0 unspecified atom stereocenters. The number of halogens is 1. The van der Waals surface area contributed by atoms with Crippen LogP contribution in [-0.2, 0) is 11.3 Å². The van der Waals surface area contributed by atoms with Gasteiger partial charge < -0.3 is 4.74 Å². The number of hydrogen-bond donors (Lipinski definition) is 1. The molecule has 0 spiro atoms. The summed E-state index contributed by atoms with van der Waals surface area (Å²) < 4.78 is 20.3. The molecule has 29 heavy (non-hydrogen) atoms. The zero-order valence-corrected chi connectivity index (χ0v) is 17.8. The van der Waals surface area contributed by atoms with Crippen LogP contribution in [0.3, 0.4) is 0 Å². The van der Waals surface area contributed by atoms with Crippen molar-refractivity contribution in [1.82, 2.24) is 4.98 Å². The summed E-state index contributed by atoms with van der Waals surface area (Å²) in [6, 6.07) is 11.1. The Labute approximate surface area is 176 Å². The molecule has 4 rings (SSSR count). The Morgan fingerprint density at radius 1 is 1.24 bits per heavy atom. The maximum Gasteiger partial charge on any atom is 0.267 e. The van der Waals surface area contributed by atoms with E-state index in [1.54, 1.807) is 12.1 Å². The maximum atomic E-state index is 14.3. The van der Waals surface area contributed by atoms with Gasteiger partial charge in [-0.1, -0.05) is 23.8 Å². The molecular formula is C22H19FN2O2S2. The lowest BCUT2D eigenvalue weighted by Gasteiger charge is -2.05. The molecule has 0 aliphatic heterocycles. The smallest absolute Gasteiger partial charge is 0.267 e. The molecule has 0 aliphatic rings. The number of thiazole rings is 1. The molecular weight excluding hydrogens is 407 g/mol. The number of benzene rings is 2. The van der Waals surface area contributed by atoms with Crippen LogP contribution in [0.1, 0.15) is 26.4 Å². The number of aromatic nitrogens is 1. The first kappa shape index (κ1) is 19.7. The second-order valence-electron chi connectivity index (χ2n) is 6.77. The van der Waals surface area contributed by atoms with Crippen molar-refractivity contribution in [3.63, 3.8) is 0 Å². The average molecular weight is 427 g/mol. The minimum Gasteiger partial charge on any atom is -0.380 e. The molecule has 0 atom stereocenters. The molecule has 4 nitrogen and oxygen atoms in total. The quantitative estimate of drug-likeness (QED) is 0.415. The number of thiophene rings is 1. The largest absolute Gasteiger partial charge is 0.380 e. The molecule has 0 aliphatic carbocycles. The molecule has 4 aromatic rings. The number of anilines is 1. The number of rotatable bonds is 5. The van der Waals surface area contributed by atoms with E-state index in [9.17, 15) is 9.18 Å². The number of amides is 1. The van der Waals surface area contributed by atoms with Crippen molar-refractivity contribution in [2.75, 3.05) is 12.4 Å². The minimum absolute atomic E-state index is 0.162. The van der Waals surface area contributed by atoms with Gasteiger partial charge in [0.2, 0.25) is 0 Å².